The van der Waals surface area contributed by atoms with Gasteiger partial charge in [0, 0.05) is 23.7 Å². The summed E-state index contributed by atoms with van der Waals surface area (Å²) in [4.78, 5) is 14.5. The highest BCUT2D eigenvalue weighted by Crippen LogP contribution is 2.33. The standard InChI is InChI=1S/C27H27NO3/c1-18-4-3-5-20(14-18)11-13-31-26-9-6-21(15-19(2)27(29)30)16-24(26)22-7-8-25-23(17-22)10-12-28-25/h3-10,12,14,16-17,19,28H,11,13,15H2,1-2H3,(H,29,30). The second-order valence-electron chi connectivity index (χ2n) is 8.14. The van der Waals surface area contributed by atoms with E-state index < -0.39 is 11.9 Å². The van der Waals surface area contributed by atoms with Gasteiger partial charge in [-0.05, 0) is 65.8 Å². The van der Waals surface area contributed by atoms with Gasteiger partial charge in [0.25, 0.3) is 0 Å². The number of hydrogen-bond donors (Lipinski definition) is 2. The van der Waals surface area contributed by atoms with E-state index in [0.717, 1.165) is 39.8 Å². The van der Waals surface area contributed by atoms with Crippen LogP contribution in [-0.4, -0.2) is 22.7 Å². The number of carboxylic acids is 1. The largest absolute Gasteiger partial charge is 0.493 e. The number of benzene rings is 3. The predicted octanol–water partition coefficient (Wildman–Crippen LogP) is 6.03. The molecule has 1 heterocycles. The lowest BCUT2D eigenvalue weighted by atomic mass is 9.96. The Balaban J connectivity index is 1.62. The number of aromatic amines is 1. The summed E-state index contributed by atoms with van der Waals surface area (Å²) in [6, 6.07) is 22.8. The van der Waals surface area contributed by atoms with Crippen molar-refractivity contribution in [1.82, 2.24) is 4.98 Å². The van der Waals surface area contributed by atoms with Crippen LogP contribution in [0, 0.1) is 12.8 Å². The Kier molecular flexibility index (Phi) is 6.08. The fraction of sp³-hybridized carbons (Fsp3) is 0.222. The molecule has 0 aliphatic carbocycles. The number of aliphatic carboxylic acids is 1. The third-order valence-electron chi connectivity index (χ3n) is 5.60. The van der Waals surface area contributed by atoms with Crippen molar-refractivity contribution in [3.63, 3.8) is 0 Å². The SMILES string of the molecule is Cc1cccc(CCOc2ccc(CC(C)C(=O)O)cc2-c2ccc3[nH]ccc3c2)c1. The first kappa shape index (κ1) is 20.7. The van der Waals surface area contributed by atoms with E-state index in [9.17, 15) is 9.90 Å². The molecule has 1 unspecified atom stereocenters. The number of fused-ring (bicyclic) bond motifs is 1. The van der Waals surface area contributed by atoms with Crippen LogP contribution in [0.2, 0.25) is 0 Å². The van der Waals surface area contributed by atoms with Crippen molar-refractivity contribution in [2.24, 2.45) is 5.92 Å². The summed E-state index contributed by atoms with van der Waals surface area (Å²) in [5.41, 5.74) is 6.62. The minimum absolute atomic E-state index is 0.437. The molecule has 0 saturated heterocycles. The van der Waals surface area contributed by atoms with E-state index in [2.05, 4.69) is 60.4 Å². The van der Waals surface area contributed by atoms with Gasteiger partial charge < -0.3 is 14.8 Å². The van der Waals surface area contributed by atoms with Crippen molar-refractivity contribution < 1.29 is 14.6 Å². The van der Waals surface area contributed by atoms with Crippen LogP contribution in [0.1, 0.15) is 23.6 Å². The molecule has 158 valence electrons. The van der Waals surface area contributed by atoms with Crippen LogP contribution in [0.4, 0.5) is 0 Å². The molecule has 3 aromatic carbocycles. The first-order valence-electron chi connectivity index (χ1n) is 10.6. The van der Waals surface area contributed by atoms with Crippen LogP contribution in [0.15, 0.2) is 72.9 Å². The van der Waals surface area contributed by atoms with Gasteiger partial charge in [-0.2, -0.15) is 0 Å². The fourth-order valence-corrected chi connectivity index (χ4v) is 3.86. The average molecular weight is 414 g/mol. The summed E-state index contributed by atoms with van der Waals surface area (Å²) in [5.74, 6) is -0.406. The second kappa shape index (κ2) is 9.09. The highest BCUT2D eigenvalue weighted by molar-refractivity contribution is 5.86. The van der Waals surface area contributed by atoms with Crippen LogP contribution >= 0.6 is 0 Å². The zero-order chi connectivity index (χ0) is 21.8. The molecule has 4 nitrogen and oxygen atoms in total. The molecule has 1 atom stereocenters. The molecule has 4 heteroatoms. The normalized spacial score (nSPS) is 12.1. The molecule has 0 saturated carbocycles. The molecular weight excluding hydrogens is 386 g/mol. The smallest absolute Gasteiger partial charge is 0.306 e. The first-order valence-corrected chi connectivity index (χ1v) is 10.6. The summed E-state index contributed by atoms with van der Waals surface area (Å²) in [7, 11) is 0. The number of ether oxygens (including phenoxy) is 1. The van der Waals surface area contributed by atoms with Gasteiger partial charge in [-0.15, -0.1) is 0 Å². The van der Waals surface area contributed by atoms with Gasteiger partial charge in [0.05, 0.1) is 12.5 Å². The van der Waals surface area contributed by atoms with E-state index >= 15 is 0 Å². The van der Waals surface area contributed by atoms with Crippen LogP contribution < -0.4 is 4.74 Å². The zero-order valence-corrected chi connectivity index (χ0v) is 17.9. The number of carboxylic acid groups (broad SMARTS) is 1. The van der Waals surface area contributed by atoms with Gasteiger partial charge in [-0.1, -0.05) is 48.9 Å². The molecule has 0 spiro atoms. The van der Waals surface area contributed by atoms with Crippen molar-refractivity contribution >= 4 is 16.9 Å². The number of aromatic nitrogens is 1. The summed E-state index contributed by atoms with van der Waals surface area (Å²) in [6.07, 6.45) is 3.24. The van der Waals surface area contributed by atoms with Crippen molar-refractivity contribution in [3.05, 3.63) is 89.6 Å². The maximum absolute atomic E-state index is 11.3. The molecule has 1 aromatic heterocycles. The summed E-state index contributed by atoms with van der Waals surface area (Å²) in [5, 5.41) is 10.4. The van der Waals surface area contributed by atoms with Gasteiger partial charge in [-0.3, -0.25) is 4.79 Å². The topological polar surface area (TPSA) is 62.3 Å². The molecule has 0 aliphatic rings. The monoisotopic (exact) mass is 413 g/mol. The summed E-state index contributed by atoms with van der Waals surface area (Å²) >= 11 is 0. The van der Waals surface area contributed by atoms with Crippen LogP contribution in [0.3, 0.4) is 0 Å². The maximum atomic E-state index is 11.3. The number of aryl methyl sites for hydroxylation is 1. The van der Waals surface area contributed by atoms with Gasteiger partial charge in [0.15, 0.2) is 0 Å². The average Bonchev–Trinajstić information content (AvgIpc) is 3.22. The summed E-state index contributed by atoms with van der Waals surface area (Å²) < 4.78 is 6.21. The highest BCUT2D eigenvalue weighted by Gasteiger charge is 2.15. The Morgan fingerprint density at radius 1 is 1.03 bits per heavy atom. The predicted molar refractivity (Wildman–Crippen MR) is 125 cm³/mol. The fourth-order valence-electron chi connectivity index (χ4n) is 3.86. The molecule has 4 aromatic rings. The van der Waals surface area contributed by atoms with E-state index in [1.807, 2.05) is 24.4 Å². The third-order valence-corrected chi connectivity index (χ3v) is 5.60. The Morgan fingerprint density at radius 2 is 1.90 bits per heavy atom. The molecule has 0 aliphatic heterocycles. The van der Waals surface area contributed by atoms with Gasteiger partial charge in [0.2, 0.25) is 0 Å². The van der Waals surface area contributed by atoms with E-state index in [1.54, 1.807) is 6.92 Å². The van der Waals surface area contributed by atoms with Crippen LogP contribution in [0.5, 0.6) is 5.75 Å². The molecular formula is C27H27NO3. The molecule has 2 N–H and O–H groups in total. The second-order valence-corrected chi connectivity index (χ2v) is 8.14. The van der Waals surface area contributed by atoms with E-state index in [0.29, 0.717) is 13.0 Å². The van der Waals surface area contributed by atoms with Gasteiger partial charge in [-0.25, -0.2) is 0 Å². The number of rotatable bonds is 8. The Morgan fingerprint density at radius 3 is 2.71 bits per heavy atom. The minimum atomic E-state index is -0.784. The highest BCUT2D eigenvalue weighted by atomic mass is 16.5. The lowest BCUT2D eigenvalue weighted by Crippen LogP contribution is -2.12. The molecule has 4 rings (SSSR count). The lowest BCUT2D eigenvalue weighted by molar-refractivity contribution is -0.141. The van der Waals surface area contributed by atoms with Crippen molar-refractivity contribution in [3.8, 4) is 16.9 Å². The third kappa shape index (κ3) is 4.97. The molecule has 0 amide bonds. The van der Waals surface area contributed by atoms with Crippen molar-refractivity contribution in [1.29, 1.82) is 0 Å². The van der Waals surface area contributed by atoms with Crippen molar-refractivity contribution in [2.45, 2.75) is 26.7 Å². The first-order chi connectivity index (χ1) is 15.0. The Hall–Kier alpha value is -3.53. The lowest BCUT2D eigenvalue weighted by Gasteiger charge is -2.15. The van der Waals surface area contributed by atoms with E-state index in [4.69, 9.17) is 4.74 Å². The maximum Gasteiger partial charge on any atom is 0.306 e. The molecule has 0 fully saturated rings. The number of carbonyl (C=O) groups is 1. The summed E-state index contributed by atoms with van der Waals surface area (Å²) in [6.45, 7) is 4.41. The Labute approximate surface area is 182 Å². The minimum Gasteiger partial charge on any atom is -0.493 e. The van der Waals surface area contributed by atoms with Crippen molar-refractivity contribution in [2.75, 3.05) is 6.61 Å². The number of hydrogen-bond acceptors (Lipinski definition) is 2. The quantitative estimate of drug-likeness (QED) is 0.371. The van der Waals surface area contributed by atoms with Crippen LogP contribution in [-0.2, 0) is 17.6 Å². The molecule has 31 heavy (non-hydrogen) atoms. The number of H-pyrrole nitrogens is 1. The zero-order valence-electron chi connectivity index (χ0n) is 17.9. The van der Waals surface area contributed by atoms with E-state index in [1.165, 1.54) is 11.1 Å². The van der Waals surface area contributed by atoms with Gasteiger partial charge in [0.1, 0.15) is 5.75 Å². The van der Waals surface area contributed by atoms with Gasteiger partial charge >= 0.3 is 5.97 Å². The van der Waals surface area contributed by atoms with Crippen LogP contribution in [0.25, 0.3) is 22.0 Å². The number of nitrogens with one attached hydrogen (secondary N) is 1. The molecule has 0 bridgehead atoms. The van der Waals surface area contributed by atoms with E-state index in [-0.39, 0.29) is 0 Å². The molecule has 0 radical (unpaired) electrons. The Bertz CT molecular complexity index is 1210.